The van der Waals surface area contributed by atoms with Crippen LogP contribution in [0.2, 0.25) is 5.02 Å². The van der Waals surface area contributed by atoms with E-state index in [4.69, 9.17) is 21.1 Å². The van der Waals surface area contributed by atoms with Crippen LogP contribution >= 0.6 is 22.9 Å². The fourth-order valence-corrected chi connectivity index (χ4v) is 7.65. The molecule has 0 aliphatic carbocycles. The summed E-state index contributed by atoms with van der Waals surface area (Å²) in [4.78, 5) is 34.4. The quantitative estimate of drug-likeness (QED) is 0.572. The largest absolute Gasteiger partial charge is 0.442 e. The van der Waals surface area contributed by atoms with Gasteiger partial charge in [-0.25, -0.2) is 22.5 Å². The number of ether oxygens (including phenoxy) is 2. The molecule has 4 rings (SSSR count). The Hall–Kier alpha value is -2.74. The standard InChI is InChI=1S/C23H28ClN5O6S2/c1-13-7-6-8-17(25-13)26-19(30)15-11-14(24)18(36-15)23-9-10-34-12-16(23)37(32,33)29(5)20(28-23)27-21(31)35-22(2,3)4/h6-8,11,16H,9-10,12H2,1-5H3,(H,25,26,30)(H,27,28,31)/t16?,23-/m0/s1. The Kier molecular flexibility index (Phi) is 7.27. The molecule has 11 nitrogen and oxygen atoms in total. The average Bonchev–Trinajstić information content (AvgIpc) is 3.19. The fourth-order valence-electron chi connectivity index (χ4n) is 4.16. The number of nitrogens with zero attached hydrogens (tertiary/aromatic N) is 3. The minimum atomic E-state index is -4.04. The van der Waals surface area contributed by atoms with E-state index in [1.807, 2.05) is 13.0 Å². The molecule has 0 spiro atoms. The lowest BCUT2D eigenvalue weighted by molar-refractivity contribution is 0.0439. The highest BCUT2D eigenvalue weighted by molar-refractivity contribution is 7.90. The molecule has 1 unspecified atom stereocenters. The van der Waals surface area contributed by atoms with Crippen LogP contribution in [0.5, 0.6) is 0 Å². The van der Waals surface area contributed by atoms with Gasteiger partial charge in [-0.05, 0) is 45.9 Å². The highest BCUT2D eigenvalue weighted by Crippen LogP contribution is 2.46. The van der Waals surface area contributed by atoms with Crippen molar-refractivity contribution < 1.29 is 27.5 Å². The number of thiophene rings is 1. The first-order valence-corrected chi connectivity index (χ1v) is 14.1. The van der Waals surface area contributed by atoms with Gasteiger partial charge in [-0.1, -0.05) is 17.7 Å². The van der Waals surface area contributed by atoms with Crippen LogP contribution in [-0.4, -0.2) is 66.8 Å². The third-order valence-electron chi connectivity index (χ3n) is 5.87. The number of hydrogen-bond donors (Lipinski definition) is 2. The number of aliphatic imine (C=N–C) groups is 1. The number of rotatable bonds is 3. The molecule has 2 aliphatic heterocycles. The van der Waals surface area contributed by atoms with Gasteiger partial charge in [-0.3, -0.25) is 4.79 Å². The van der Waals surface area contributed by atoms with Crippen molar-refractivity contribution in [2.75, 3.05) is 25.6 Å². The number of hydrogen-bond acceptors (Lipinski definition) is 8. The van der Waals surface area contributed by atoms with Crippen molar-refractivity contribution in [2.24, 2.45) is 4.99 Å². The highest BCUT2D eigenvalue weighted by atomic mass is 35.5. The summed E-state index contributed by atoms with van der Waals surface area (Å²) in [6, 6.07) is 6.74. The second-order valence-electron chi connectivity index (χ2n) is 9.74. The fraction of sp³-hybridized carbons (Fsp3) is 0.478. The first-order valence-electron chi connectivity index (χ1n) is 11.4. The molecule has 0 aromatic carbocycles. The average molecular weight is 570 g/mol. The maximum absolute atomic E-state index is 13.6. The predicted octanol–water partition coefficient (Wildman–Crippen LogP) is 3.50. The number of fused-ring (bicyclic) bond motifs is 1. The molecular formula is C23H28ClN5O6S2. The van der Waals surface area contributed by atoms with Gasteiger partial charge in [0.05, 0.1) is 26.9 Å². The summed E-state index contributed by atoms with van der Waals surface area (Å²) in [6.07, 6.45) is -0.737. The van der Waals surface area contributed by atoms with Crippen LogP contribution < -0.4 is 10.6 Å². The molecule has 2 N–H and O–H groups in total. The Morgan fingerprint density at radius 1 is 1.38 bits per heavy atom. The Balaban J connectivity index is 1.74. The first-order chi connectivity index (χ1) is 17.2. The third-order valence-corrected chi connectivity index (χ3v) is 9.79. The van der Waals surface area contributed by atoms with Crippen molar-refractivity contribution in [3.63, 3.8) is 0 Å². The summed E-state index contributed by atoms with van der Waals surface area (Å²) in [5.41, 5.74) is -1.37. The number of carbonyl (C=O) groups is 2. The van der Waals surface area contributed by atoms with Crippen LogP contribution in [0.25, 0.3) is 0 Å². The van der Waals surface area contributed by atoms with Gasteiger partial charge in [-0.15, -0.1) is 16.3 Å². The smallest absolute Gasteiger partial charge is 0.437 e. The number of halogens is 1. The topological polar surface area (TPSA) is 139 Å². The van der Waals surface area contributed by atoms with E-state index in [1.165, 1.54) is 13.1 Å². The van der Waals surface area contributed by atoms with Gasteiger partial charge in [0.15, 0.2) is 0 Å². The van der Waals surface area contributed by atoms with Gasteiger partial charge in [0.1, 0.15) is 16.7 Å². The normalized spacial score (nSPS) is 24.2. The van der Waals surface area contributed by atoms with E-state index in [0.29, 0.717) is 10.7 Å². The van der Waals surface area contributed by atoms with Crippen molar-refractivity contribution in [2.45, 2.75) is 50.5 Å². The number of guanidine groups is 1. The van der Waals surface area contributed by atoms with Gasteiger partial charge in [0.25, 0.3) is 5.91 Å². The highest BCUT2D eigenvalue weighted by Gasteiger charge is 2.58. The lowest BCUT2D eigenvalue weighted by Gasteiger charge is -2.49. The molecule has 4 heterocycles. The van der Waals surface area contributed by atoms with Crippen molar-refractivity contribution in [1.29, 1.82) is 0 Å². The summed E-state index contributed by atoms with van der Waals surface area (Å²) in [5.74, 6) is -0.258. The van der Waals surface area contributed by atoms with Crippen LogP contribution in [0.4, 0.5) is 10.6 Å². The van der Waals surface area contributed by atoms with E-state index in [-0.39, 0.29) is 35.5 Å². The summed E-state index contributed by atoms with van der Waals surface area (Å²) in [5, 5.41) is 5.02. The number of carbonyl (C=O) groups excluding carboxylic acids is 2. The molecule has 0 radical (unpaired) electrons. The van der Waals surface area contributed by atoms with Gasteiger partial charge in [0.2, 0.25) is 16.0 Å². The Labute approximate surface area is 224 Å². The zero-order valence-electron chi connectivity index (χ0n) is 21.0. The zero-order chi connectivity index (χ0) is 27.2. The maximum atomic E-state index is 13.6. The number of aryl methyl sites for hydroxylation is 1. The maximum Gasteiger partial charge on any atom is 0.437 e. The van der Waals surface area contributed by atoms with Crippen LogP contribution in [0.1, 0.15) is 47.4 Å². The Morgan fingerprint density at radius 3 is 2.78 bits per heavy atom. The molecule has 0 saturated carbocycles. The van der Waals surface area contributed by atoms with Crippen LogP contribution in [-0.2, 0) is 25.0 Å². The van der Waals surface area contributed by atoms with E-state index >= 15 is 0 Å². The molecule has 14 heteroatoms. The molecule has 2 aromatic heterocycles. The summed E-state index contributed by atoms with van der Waals surface area (Å²) < 4.78 is 38.9. The van der Waals surface area contributed by atoms with E-state index in [1.54, 1.807) is 32.9 Å². The van der Waals surface area contributed by atoms with E-state index in [2.05, 4.69) is 20.6 Å². The van der Waals surface area contributed by atoms with Gasteiger partial charge in [-0.2, -0.15) is 0 Å². The minimum Gasteiger partial charge on any atom is -0.442 e. The molecule has 2 aromatic rings. The molecule has 2 saturated heterocycles. The molecule has 200 valence electrons. The zero-order valence-corrected chi connectivity index (χ0v) is 23.4. The van der Waals surface area contributed by atoms with Gasteiger partial charge in [0, 0.05) is 25.8 Å². The number of anilines is 1. The Morgan fingerprint density at radius 2 is 2.11 bits per heavy atom. The summed E-state index contributed by atoms with van der Waals surface area (Å²) in [6.45, 7) is 6.97. The van der Waals surface area contributed by atoms with Crippen molar-refractivity contribution in [3.8, 4) is 0 Å². The van der Waals surface area contributed by atoms with Crippen molar-refractivity contribution in [3.05, 3.63) is 44.7 Å². The number of aromatic nitrogens is 1. The van der Waals surface area contributed by atoms with Gasteiger partial charge >= 0.3 is 6.09 Å². The van der Waals surface area contributed by atoms with Crippen LogP contribution in [0.15, 0.2) is 29.3 Å². The molecule has 0 bridgehead atoms. The van der Waals surface area contributed by atoms with Gasteiger partial charge < -0.3 is 20.1 Å². The number of sulfonamides is 1. The lowest BCUT2D eigenvalue weighted by atomic mass is 9.87. The summed E-state index contributed by atoms with van der Waals surface area (Å²) >= 11 is 7.69. The number of amides is 2. The first kappa shape index (κ1) is 27.3. The number of pyridine rings is 1. The molecule has 2 atom stereocenters. The molecule has 2 fully saturated rings. The summed E-state index contributed by atoms with van der Waals surface area (Å²) in [7, 11) is -2.74. The molecule has 2 aliphatic rings. The van der Waals surface area contributed by atoms with Crippen molar-refractivity contribution >= 4 is 56.7 Å². The van der Waals surface area contributed by atoms with Crippen LogP contribution in [0.3, 0.4) is 0 Å². The van der Waals surface area contributed by atoms with E-state index in [9.17, 15) is 18.0 Å². The minimum absolute atomic E-state index is 0.109. The SMILES string of the molecule is Cc1cccc(NC(=O)c2cc(Cl)c([C@]34CCOCC3S(=O)(=O)N(C)/C(=N\C(=O)OC(C)(C)C)N4)s2)n1. The Bertz CT molecular complexity index is 1370. The van der Waals surface area contributed by atoms with E-state index < -0.39 is 38.4 Å². The van der Waals surface area contributed by atoms with Crippen molar-refractivity contribution in [1.82, 2.24) is 14.6 Å². The third kappa shape index (κ3) is 5.44. The second kappa shape index (κ2) is 9.86. The molecular weight excluding hydrogens is 542 g/mol. The lowest BCUT2D eigenvalue weighted by Crippen LogP contribution is -2.70. The molecule has 2 amide bonds. The monoisotopic (exact) mass is 569 g/mol. The van der Waals surface area contributed by atoms with E-state index in [0.717, 1.165) is 21.3 Å². The van der Waals surface area contributed by atoms with Crippen LogP contribution in [0, 0.1) is 6.92 Å². The number of nitrogens with one attached hydrogen (secondary N) is 2. The predicted molar refractivity (Wildman–Crippen MR) is 141 cm³/mol. The second-order valence-corrected chi connectivity index (χ2v) is 13.4. The molecule has 37 heavy (non-hydrogen) atoms.